The molecular formula is C17H18N4O5. The molecule has 0 aliphatic carbocycles. The van der Waals surface area contributed by atoms with Crippen LogP contribution in [0.1, 0.15) is 17.3 Å². The van der Waals surface area contributed by atoms with Gasteiger partial charge in [-0.05, 0) is 19.1 Å². The zero-order valence-corrected chi connectivity index (χ0v) is 14.0. The lowest BCUT2D eigenvalue weighted by Crippen LogP contribution is -2.60. The summed E-state index contributed by atoms with van der Waals surface area (Å²) in [7, 11) is 0. The van der Waals surface area contributed by atoms with Gasteiger partial charge in [0, 0.05) is 12.2 Å². The van der Waals surface area contributed by atoms with Gasteiger partial charge in [-0.3, -0.25) is 30.0 Å². The van der Waals surface area contributed by atoms with E-state index in [-0.39, 0.29) is 23.6 Å². The Hall–Kier alpha value is -3.62. The van der Waals surface area contributed by atoms with Crippen molar-refractivity contribution in [2.24, 2.45) is 5.92 Å². The van der Waals surface area contributed by atoms with Gasteiger partial charge in [-0.25, -0.2) is 4.79 Å². The summed E-state index contributed by atoms with van der Waals surface area (Å²) >= 11 is 0. The Morgan fingerprint density at radius 1 is 1.31 bits per heavy atom. The van der Waals surface area contributed by atoms with Crippen LogP contribution in [0.3, 0.4) is 0 Å². The second-order valence-electron chi connectivity index (χ2n) is 5.31. The maximum absolute atomic E-state index is 12.5. The van der Waals surface area contributed by atoms with Gasteiger partial charge in [0.1, 0.15) is 5.75 Å². The second-order valence-corrected chi connectivity index (χ2v) is 5.31. The molecule has 26 heavy (non-hydrogen) atoms. The minimum atomic E-state index is -1.33. The molecule has 1 saturated heterocycles. The number of carbonyl (C=O) groups is 4. The number of barbiturate groups is 1. The Morgan fingerprint density at radius 2 is 2.00 bits per heavy atom. The van der Waals surface area contributed by atoms with Crippen LogP contribution in [0.25, 0.3) is 0 Å². The highest BCUT2D eigenvalue weighted by molar-refractivity contribution is 6.17. The fraction of sp³-hybridized carbons (Fsp3) is 0.176. The Bertz CT molecular complexity index is 802. The number of hydrogen-bond acceptors (Lipinski definition) is 6. The van der Waals surface area contributed by atoms with Crippen LogP contribution in [0.4, 0.5) is 4.79 Å². The van der Waals surface area contributed by atoms with Crippen LogP contribution in [-0.4, -0.2) is 40.3 Å². The fourth-order valence-electron chi connectivity index (χ4n) is 2.36. The molecule has 0 radical (unpaired) electrons. The number of hydrogen-bond donors (Lipinski definition) is 4. The summed E-state index contributed by atoms with van der Waals surface area (Å²) in [6.07, 6.45) is 2.78. The number of urea groups is 1. The lowest BCUT2D eigenvalue weighted by atomic mass is 10.0. The Labute approximate surface area is 149 Å². The van der Waals surface area contributed by atoms with Gasteiger partial charge in [0.15, 0.2) is 5.92 Å². The van der Waals surface area contributed by atoms with Crippen molar-refractivity contribution in [2.45, 2.75) is 6.92 Å². The largest absolute Gasteiger partial charge is 0.507 e. The number of phenolic OH excluding ortho intramolecular Hbond substituents is 1. The van der Waals surface area contributed by atoms with E-state index in [2.05, 4.69) is 22.7 Å². The summed E-state index contributed by atoms with van der Waals surface area (Å²) in [5.74, 6) is -3.76. The highest BCUT2D eigenvalue weighted by atomic mass is 16.3. The number of allylic oxidation sites excluding steroid dienone is 1. The predicted molar refractivity (Wildman–Crippen MR) is 91.4 cm³/mol. The van der Waals surface area contributed by atoms with E-state index >= 15 is 0 Å². The molecule has 0 unspecified atom stereocenters. The van der Waals surface area contributed by atoms with Crippen LogP contribution >= 0.6 is 0 Å². The average molecular weight is 358 g/mol. The predicted octanol–water partition coefficient (Wildman–Crippen LogP) is 0.411. The number of nitrogens with one attached hydrogen (secondary N) is 3. The van der Waals surface area contributed by atoms with Gasteiger partial charge in [-0.15, -0.1) is 6.58 Å². The molecule has 1 fully saturated rings. The van der Waals surface area contributed by atoms with Gasteiger partial charge in [0.2, 0.25) is 11.8 Å². The van der Waals surface area contributed by atoms with Gasteiger partial charge in [-0.2, -0.15) is 0 Å². The van der Waals surface area contributed by atoms with Crippen molar-refractivity contribution in [3.8, 4) is 5.75 Å². The maximum atomic E-state index is 12.5. The number of nitrogens with zero attached hydrogens (tertiary/aromatic N) is 1. The monoisotopic (exact) mass is 358 g/mol. The molecule has 4 N–H and O–H groups in total. The second kappa shape index (κ2) is 7.97. The van der Waals surface area contributed by atoms with E-state index in [1.165, 1.54) is 24.3 Å². The lowest BCUT2D eigenvalue weighted by molar-refractivity contribution is -0.140. The first-order valence-corrected chi connectivity index (χ1v) is 7.68. The summed E-state index contributed by atoms with van der Waals surface area (Å²) in [4.78, 5) is 49.3. The summed E-state index contributed by atoms with van der Waals surface area (Å²) in [5, 5.41) is 11.8. The fourth-order valence-corrected chi connectivity index (χ4v) is 2.36. The van der Waals surface area contributed by atoms with Crippen molar-refractivity contribution in [3.05, 3.63) is 54.3 Å². The van der Waals surface area contributed by atoms with Crippen molar-refractivity contribution in [1.82, 2.24) is 21.1 Å². The smallest absolute Gasteiger partial charge is 0.331 e. The molecular weight excluding hydrogens is 340 g/mol. The summed E-state index contributed by atoms with van der Waals surface area (Å²) in [6, 6.07) is 5.06. The number of benzene rings is 1. The van der Waals surface area contributed by atoms with E-state index in [0.717, 1.165) is 4.90 Å². The summed E-state index contributed by atoms with van der Waals surface area (Å²) < 4.78 is 0. The number of hydrazine groups is 1. The van der Waals surface area contributed by atoms with Crippen LogP contribution in [-0.2, 0) is 9.59 Å². The number of phenols is 1. The maximum Gasteiger partial charge on any atom is 0.331 e. The van der Waals surface area contributed by atoms with Gasteiger partial charge >= 0.3 is 6.03 Å². The van der Waals surface area contributed by atoms with Crippen molar-refractivity contribution < 1.29 is 24.3 Å². The highest BCUT2D eigenvalue weighted by Gasteiger charge is 2.42. The molecule has 136 valence electrons. The minimum absolute atomic E-state index is 0.0123. The molecule has 1 atom stereocenters. The van der Waals surface area contributed by atoms with E-state index in [9.17, 15) is 24.3 Å². The molecule has 0 bridgehead atoms. The van der Waals surface area contributed by atoms with Crippen LogP contribution in [0.5, 0.6) is 5.75 Å². The zero-order valence-electron chi connectivity index (χ0n) is 14.0. The molecule has 5 amide bonds. The van der Waals surface area contributed by atoms with Gasteiger partial charge < -0.3 is 10.5 Å². The number of amides is 5. The average Bonchev–Trinajstić information content (AvgIpc) is 2.61. The Balaban J connectivity index is 2.15. The number of carbonyl (C=O) groups excluding carboxylic acids is 4. The molecule has 0 saturated carbocycles. The number of para-hydroxylation sites is 1. The van der Waals surface area contributed by atoms with Gasteiger partial charge in [0.25, 0.3) is 5.91 Å². The number of aromatic hydroxyl groups is 1. The molecule has 1 heterocycles. The van der Waals surface area contributed by atoms with E-state index in [1.54, 1.807) is 19.1 Å². The standard InChI is InChI=1S/C17H18N4O5/c1-3-9-21-16(25)13(15(24)18-17(21)26)11(4-2)19-20-14(23)10-7-5-6-8-12(10)22/h3-8,13,19,22H,1,9H2,2H3,(H,20,23)(H,18,24,26)/b11-4-/t13-/m1/s1. The van der Waals surface area contributed by atoms with Crippen LogP contribution < -0.4 is 16.2 Å². The molecule has 1 aromatic carbocycles. The molecule has 0 aromatic heterocycles. The van der Waals surface area contributed by atoms with E-state index in [4.69, 9.17) is 0 Å². The third-order valence-electron chi connectivity index (χ3n) is 3.65. The van der Waals surface area contributed by atoms with Crippen molar-refractivity contribution >= 4 is 23.8 Å². The Morgan fingerprint density at radius 3 is 2.62 bits per heavy atom. The molecule has 9 nitrogen and oxygen atoms in total. The van der Waals surface area contributed by atoms with E-state index in [1.807, 2.05) is 0 Å². The third-order valence-corrected chi connectivity index (χ3v) is 3.65. The molecule has 1 aromatic rings. The van der Waals surface area contributed by atoms with E-state index < -0.39 is 29.7 Å². The first-order chi connectivity index (χ1) is 12.4. The van der Waals surface area contributed by atoms with Crippen LogP contribution in [0.2, 0.25) is 0 Å². The molecule has 1 aliphatic rings. The molecule has 9 heteroatoms. The number of rotatable bonds is 6. The third kappa shape index (κ3) is 3.72. The zero-order chi connectivity index (χ0) is 19.3. The first kappa shape index (κ1) is 18.7. The Kier molecular flexibility index (Phi) is 5.74. The highest BCUT2D eigenvalue weighted by Crippen LogP contribution is 2.18. The van der Waals surface area contributed by atoms with Crippen LogP contribution in [0.15, 0.2) is 48.7 Å². The van der Waals surface area contributed by atoms with Gasteiger partial charge in [-0.1, -0.05) is 24.3 Å². The molecule has 2 rings (SSSR count). The first-order valence-electron chi connectivity index (χ1n) is 7.68. The topological polar surface area (TPSA) is 128 Å². The minimum Gasteiger partial charge on any atom is -0.507 e. The summed E-state index contributed by atoms with van der Waals surface area (Å²) in [6.45, 7) is 4.96. The van der Waals surface area contributed by atoms with Crippen molar-refractivity contribution in [2.75, 3.05) is 6.54 Å². The summed E-state index contributed by atoms with van der Waals surface area (Å²) in [5.41, 5.74) is 4.92. The van der Waals surface area contributed by atoms with Crippen molar-refractivity contribution in [3.63, 3.8) is 0 Å². The van der Waals surface area contributed by atoms with Crippen LogP contribution in [0, 0.1) is 5.92 Å². The normalized spacial score (nSPS) is 17.6. The lowest BCUT2D eigenvalue weighted by Gasteiger charge is -2.30. The number of imide groups is 2. The van der Waals surface area contributed by atoms with Gasteiger partial charge in [0.05, 0.1) is 5.56 Å². The van der Waals surface area contributed by atoms with Crippen molar-refractivity contribution in [1.29, 1.82) is 0 Å². The quantitative estimate of drug-likeness (QED) is 0.331. The SMILES string of the molecule is C=CCN1C(=O)NC(=O)[C@@H](/C(=C/C)NNC(=O)c2ccccc2O)C1=O. The van der Waals surface area contributed by atoms with E-state index in [0.29, 0.717) is 0 Å². The molecule has 0 spiro atoms. The molecule has 1 aliphatic heterocycles.